The zero-order valence-corrected chi connectivity index (χ0v) is 14.0. The first-order valence-electron chi connectivity index (χ1n) is 7.03. The molecule has 0 saturated heterocycles. The summed E-state index contributed by atoms with van der Waals surface area (Å²) in [5, 5.41) is 10.4. The Morgan fingerprint density at radius 1 is 1.17 bits per heavy atom. The van der Waals surface area contributed by atoms with Crippen LogP contribution in [0.5, 0.6) is 0 Å². The smallest absolute Gasteiger partial charge is 0.280 e. The predicted octanol–water partition coefficient (Wildman–Crippen LogP) is 3.06. The summed E-state index contributed by atoms with van der Waals surface area (Å²) in [7, 11) is 0. The lowest BCUT2D eigenvalue weighted by molar-refractivity contribution is 0.102. The maximum atomic E-state index is 12.9. The number of carbonyl (C=O) groups is 1. The normalized spacial score (nSPS) is 10.6. The second-order valence-corrected chi connectivity index (χ2v) is 5.98. The minimum absolute atomic E-state index is 0.0245. The van der Waals surface area contributed by atoms with Crippen LogP contribution in [-0.4, -0.2) is 20.9 Å². The van der Waals surface area contributed by atoms with Crippen molar-refractivity contribution in [2.45, 2.75) is 6.54 Å². The fourth-order valence-electron chi connectivity index (χ4n) is 2.09. The molecule has 0 aliphatic heterocycles. The van der Waals surface area contributed by atoms with E-state index in [0.29, 0.717) is 12.2 Å². The first kappa shape index (κ1) is 16.1. The van der Waals surface area contributed by atoms with Gasteiger partial charge in [-0.15, -0.1) is 5.10 Å². The number of nitrogens with two attached hydrogens (primary N) is 1. The van der Waals surface area contributed by atoms with Crippen molar-refractivity contribution in [1.29, 1.82) is 0 Å². The van der Waals surface area contributed by atoms with Crippen LogP contribution >= 0.6 is 15.9 Å². The van der Waals surface area contributed by atoms with Gasteiger partial charge in [-0.1, -0.05) is 33.3 Å². The van der Waals surface area contributed by atoms with Crippen LogP contribution in [0.4, 0.5) is 15.9 Å². The summed E-state index contributed by atoms with van der Waals surface area (Å²) >= 11 is 3.37. The maximum absolute atomic E-state index is 12.9. The molecule has 1 aromatic heterocycles. The quantitative estimate of drug-likeness (QED) is 0.717. The van der Waals surface area contributed by atoms with Crippen molar-refractivity contribution in [2.24, 2.45) is 0 Å². The van der Waals surface area contributed by atoms with Crippen LogP contribution in [0.3, 0.4) is 0 Å². The minimum atomic E-state index is -0.499. The van der Waals surface area contributed by atoms with Gasteiger partial charge in [-0.3, -0.25) is 4.79 Å². The summed E-state index contributed by atoms with van der Waals surface area (Å²) < 4.78 is 15.3. The molecule has 3 rings (SSSR count). The predicted molar refractivity (Wildman–Crippen MR) is 92.0 cm³/mol. The van der Waals surface area contributed by atoms with Crippen LogP contribution in [0.15, 0.2) is 53.0 Å². The Kier molecular flexibility index (Phi) is 4.57. The van der Waals surface area contributed by atoms with E-state index in [1.54, 1.807) is 0 Å². The molecule has 2 aromatic carbocycles. The highest BCUT2D eigenvalue weighted by molar-refractivity contribution is 9.10. The average Bonchev–Trinajstić information content (AvgIpc) is 2.93. The number of hydrogen-bond donors (Lipinski definition) is 2. The standard InChI is InChI=1S/C16H13BrFN5O/c17-11-3-1-10(2-4-11)9-23-15(19)14(21-22-23)16(24)20-13-7-5-12(18)6-8-13/h1-8H,9,19H2,(H,20,24). The Hall–Kier alpha value is -2.74. The number of nitrogens with one attached hydrogen (secondary N) is 1. The zero-order valence-electron chi connectivity index (χ0n) is 12.4. The molecule has 3 N–H and O–H groups in total. The van der Waals surface area contributed by atoms with Crippen molar-refractivity contribution < 1.29 is 9.18 Å². The first-order chi connectivity index (χ1) is 11.5. The lowest BCUT2D eigenvalue weighted by Gasteiger charge is -2.05. The van der Waals surface area contributed by atoms with Gasteiger partial charge in [0.05, 0.1) is 6.54 Å². The third-order valence-corrected chi connectivity index (χ3v) is 3.86. The highest BCUT2D eigenvalue weighted by atomic mass is 79.9. The number of rotatable bonds is 4. The Morgan fingerprint density at radius 3 is 2.50 bits per heavy atom. The number of nitrogens with zero attached hydrogens (tertiary/aromatic N) is 3. The Balaban J connectivity index is 1.75. The van der Waals surface area contributed by atoms with E-state index in [1.165, 1.54) is 28.9 Å². The minimum Gasteiger partial charge on any atom is -0.382 e. The van der Waals surface area contributed by atoms with Crippen molar-refractivity contribution in [1.82, 2.24) is 15.0 Å². The molecule has 3 aromatic rings. The van der Waals surface area contributed by atoms with Gasteiger partial charge in [-0.2, -0.15) is 0 Å². The average molecular weight is 390 g/mol. The number of halogens is 2. The summed E-state index contributed by atoms with van der Waals surface area (Å²) in [6.45, 7) is 0.399. The molecule has 24 heavy (non-hydrogen) atoms. The number of benzene rings is 2. The second-order valence-electron chi connectivity index (χ2n) is 5.07. The first-order valence-corrected chi connectivity index (χ1v) is 7.82. The van der Waals surface area contributed by atoms with Gasteiger partial charge >= 0.3 is 0 Å². The molecule has 6 nitrogen and oxygen atoms in total. The molecule has 0 saturated carbocycles. The van der Waals surface area contributed by atoms with Gasteiger partial charge in [-0.05, 0) is 42.0 Å². The molecule has 0 atom stereocenters. The SMILES string of the molecule is Nc1c(C(=O)Nc2ccc(F)cc2)nnn1Cc1ccc(Br)cc1. The molecule has 1 amide bonds. The molecule has 122 valence electrons. The third kappa shape index (κ3) is 3.60. The fraction of sp³-hybridized carbons (Fsp3) is 0.0625. The van der Waals surface area contributed by atoms with Crippen molar-refractivity contribution in [3.8, 4) is 0 Å². The van der Waals surface area contributed by atoms with E-state index in [1.807, 2.05) is 24.3 Å². The van der Waals surface area contributed by atoms with E-state index in [9.17, 15) is 9.18 Å². The summed E-state index contributed by atoms with van der Waals surface area (Å²) in [5.41, 5.74) is 7.41. The molecule has 0 unspecified atom stereocenters. The number of amides is 1. The summed E-state index contributed by atoms with van der Waals surface area (Å²) in [6, 6.07) is 13.1. The summed E-state index contributed by atoms with van der Waals surface area (Å²) in [4.78, 5) is 12.2. The van der Waals surface area contributed by atoms with Gasteiger partial charge in [-0.25, -0.2) is 9.07 Å². The number of nitrogen functional groups attached to an aromatic ring is 1. The van der Waals surface area contributed by atoms with Gasteiger partial charge < -0.3 is 11.1 Å². The number of hydrogen-bond acceptors (Lipinski definition) is 4. The van der Waals surface area contributed by atoms with Crippen molar-refractivity contribution in [3.63, 3.8) is 0 Å². The molecule has 0 aliphatic carbocycles. The number of anilines is 2. The molecule has 0 aliphatic rings. The lowest BCUT2D eigenvalue weighted by Crippen LogP contribution is -2.15. The largest absolute Gasteiger partial charge is 0.382 e. The maximum Gasteiger partial charge on any atom is 0.280 e. The highest BCUT2D eigenvalue weighted by Crippen LogP contribution is 2.16. The molecular formula is C16H13BrFN5O. The summed E-state index contributed by atoms with van der Waals surface area (Å²) in [6.07, 6.45) is 0. The van der Waals surface area contributed by atoms with Crippen LogP contribution in [0.1, 0.15) is 16.1 Å². The molecule has 0 fully saturated rings. The molecule has 0 radical (unpaired) electrons. The van der Waals surface area contributed by atoms with Crippen LogP contribution in [-0.2, 0) is 6.54 Å². The van der Waals surface area contributed by atoms with Gasteiger partial charge in [0.1, 0.15) is 5.82 Å². The number of aromatic nitrogens is 3. The Bertz CT molecular complexity index is 861. The fourth-order valence-corrected chi connectivity index (χ4v) is 2.35. The second kappa shape index (κ2) is 6.79. The van der Waals surface area contributed by atoms with Crippen LogP contribution in [0.25, 0.3) is 0 Å². The van der Waals surface area contributed by atoms with E-state index in [4.69, 9.17) is 5.73 Å². The molecular weight excluding hydrogens is 377 g/mol. The third-order valence-electron chi connectivity index (χ3n) is 3.34. The van der Waals surface area contributed by atoms with Crippen molar-refractivity contribution >= 4 is 33.3 Å². The van der Waals surface area contributed by atoms with E-state index < -0.39 is 5.91 Å². The molecule has 0 spiro atoms. The Morgan fingerprint density at radius 2 is 1.83 bits per heavy atom. The Labute approximate surface area is 145 Å². The van der Waals surface area contributed by atoms with Gasteiger partial charge in [0.2, 0.25) is 0 Å². The zero-order chi connectivity index (χ0) is 17.1. The van der Waals surface area contributed by atoms with Crippen LogP contribution < -0.4 is 11.1 Å². The van der Waals surface area contributed by atoms with Crippen molar-refractivity contribution in [2.75, 3.05) is 11.1 Å². The van der Waals surface area contributed by atoms with Crippen LogP contribution in [0.2, 0.25) is 0 Å². The van der Waals surface area contributed by atoms with Crippen molar-refractivity contribution in [3.05, 3.63) is 70.1 Å². The topological polar surface area (TPSA) is 85.8 Å². The van der Waals surface area contributed by atoms with Gasteiger partial charge in [0.25, 0.3) is 5.91 Å². The van der Waals surface area contributed by atoms with Crippen LogP contribution in [0, 0.1) is 5.82 Å². The van der Waals surface area contributed by atoms with Gasteiger partial charge in [0.15, 0.2) is 11.5 Å². The van der Waals surface area contributed by atoms with E-state index in [-0.39, 0.29) is 17.3 Å². The monoisotopic (exact) mass is 389 g/mol. The molecule has 0 bridgehead atoms. The van der Waals surface area contributed by atoms with E-state index in [2.05, 4.69) is 31.6 Å². The van der Waals surface area contributed by atoms with E-state index >= 15 is 0 Å². The van der Waals surface area contributed by atoms with Gasteiger partial charge in [0, 0.05) is 10.2 Å². The molecule has 8 heteroatoms. The highest BCUT2D eigenvalue weighted by Gasteiger charge is 2.17. The van der Waals surface area contributed by atoms with E-state index in [0.717, 1.165) is 10.0 Å². The molecule has 1 heterocycles. The summed E-state index contributed by atoms with van der Waals surface area (Å²) in [5.74, 6) is -0.716. The number of carbonyl (C=O) groups excluding carboxylic acids is 1. The lowest BCUT2D eigenvalue weighted by atomic mass is 10.2.